The molecule has 3 N–H and O–H groups in total. The lowest BCUT2D eigenvalue weighted by Crippen LogP contribution is -2.30. The van der Waals surface area contributed by atoms with Crippen LogP contribution in [0.25, 0.3) is 0 Å². The van der Waals surface area contributed by atoms with Gasteiger partial charge >= 0.3 is 6.18 Å². The Bertz CT molecular complexity index is 526. The highest BCUT2D eigenvalue weighted by molar-refractivity contribution is 5.43. The zero-order valence-electron chi connectivity index (χ0n) is 13.5. The molecular weight excluding hydrogens is 325 g/mol. The molecule has 0 aromatic heterocycles. The molecule has 0 amide bonds. The lowest BCUT2D eigenvalue weighted by molar-refractivity contribution is -0.153. The van der Waals surface area contributed by atoms with Crippen molar-refractivity contribution < 1.29 is 27.8 Å². The van der Waals surface area contributed by atoms with Crippen LogP contribution in [-0.4, -0.2) is 50.2 Å². The van der Waals surface area contributed by atoms with E-state index in [2.05, 4.69) is 10.6 Å². The van der Waals surface area contributed by atoms with Crippen LogP contribution in [0.5, 0.6) is 11.5 Å². The summed E-state index contributed by atoms with van der Waals surface area (Å²) in [5.74, 6) is 0.530. The monoisotopic (exact) mass is 348 g/mol. The van der Waals surface area contributed by atoms with E-state index < -0.39 is 12.8 Å². The van der Waals surface area contributed by atoms with Gasteiger partial charge in [0.05, 0.1) is 12.7 Å². The van der Waals surface area contributed by atoms with Crippen molar-refractivity contribution in [2.45, 2.75) is 25.7 Å². The number of halogens is 3. The molecule has 1 aromatic carbocycles. The van der Waals surface area contributed by atoms with E-state index in [0.717, 1.165) is 12.1 Å². The number of β-amino-alcohol motifs (C(OH)–C–C–N with tert-alkyl or cyclic N) is 1. The van der Waals surface area contributed by atoms with Crippen LogP contribution in [0.3, 0.4) is 0 Å². The summed E-state index contributed by atoms with van der Waals surface area (Å²) in [6.07, 6.45) is -4.74. The van der Waals surface area contributed by atoms with Crippen LogP contribution in [0.1, 0.15) is 12.5 Å². The van der Waals surface area contributed by atoms with Gasteiger partial charge in [-0.2, -0.15) is 13.2 Å². The maximum atomic E-state index is 12.3. The number of hydrogen-bond acceptors (Lipinski definition) is 5. The highest BCUT2D eigenvalue weighted by atomic mass is 19.4. The molecule has 0 saturated carbocycles. The van der Waals surface area contributed by atoms with Gasteiger partial charge in [-0.1, -0.05) is 6.07 Å². The molecule has 0 bridgehead atoms. The molecule has 0 spiro atoms. The van der Waals surface area contributed by atoms with Gasteiger partial charge in [0.15, 0.2) is 18.1 Å². The Balaban J connectivity index is 1.91. The number of benzene rings is 1. The summed E-state index contributed by atoms with van der Waals surface area (Å²) in [4.78, 5) is 0. The van der Waals surface area contributed by atoms with E-state index in [1.54, 1.807) is 19.1 Å². The van der Waals surface area contributed by atoms with Crippen LogP contribution in [0.2, 0.25) is 0 Å². The molecule has 1 aliphatic heterocycles. The van der Waals surface area contributed by atoms with E-state index in [1.807, 2.05) is 0 Å². The highest BCUT2D eigenvalue weighted by Gasteiger charge is 2.29. The predicted molar refractivity (Wildman–Crippen MR) is 83.2 cm³/mol. The minimum absolute atomic E-state index is 0.0772. The average molecular weight is 348 g/mol. The number of nitrogens with one attached hydrogen (secondary N) is 2. The molecule has 5 nitrogen and oxygen atoms in total. The number of hydrogen-bond donors (Lipinski definition) is 3. The zero-order chi connectivity index (χ0) is 17.6. The minimum atomic E-state index is -4.39. The summed E-state index contributed by atoms with van der Waals surface area (Å²) < 4.78 is 47.0. The lowest BCUT2D eigenvalue weighted by atomic mass is 10.1. The summed E-state index contributed by atoms with van der Waals surface area (Å²) in [7, 11) is 0. The molecule has 0 aliphatic carbocycles. The van der Waals surface area contributed by atoms with Crippen LogP contribution < -0.4 is 20.1 Å². The van der Waals surface area contributed by atoms with Gasteiger partial charge in [-0.25, -0.2) is 0 Å². The fourth-order valence-electron chi connectivity index (χ4n) is 2.54. The van der Waals surface area contributed by atoms with Crippen molar-refractivity contribution in [2.75, 3.05) is 32.8 Å². The van der Waals surface area contributed by atoms with Crippen molar-refractivity contribution in [1.29, 1.82) is 0 Å². The molecule has 136 valence electrons. The summed E-state index contributed by atoms with van der Waals surface area (Å²) in [6.45, 7) is 3.30. The van der Waals surface area contributed by atoms with Gasteiger partial charge in [0.2, 0.25) is 0 Å². The molecule has 1 aliphatic rings. The third-order valence-electron chi connectivity index (χ3n) is 3.74. The first-order chi connectivity index (χ1) is 11.4. The lowest BCUT2D eigenvalue weighted by Gasteiger charge is -2.16. The molecule has 1 aromatic rings. The van der Waals surface area contributed by atoms with E-state index in [4.69, 9.17) is 9.47 Å². The van der Waals surface area contributed by atoms with Gasteiger partial charge in [0.1, 0.15) is 0 Å². The Morgan fingerprint density at radius 2 is 2.04 bits per heavy atom. The van der Waals surface area contributed by atoms with Crippen LogP contribution in [0.15, 0.2) is 18.2 Å². The number of alkyl halides is 3. The molecule has 1 saturated heterocycles. The molecular formula is C16H23F3N2O3. The third-order valence-corrected chi connectivity index (χ3v) is 3.74. The van der Waals surface area contributed by atoms with Gasteiger partial charge in [-0.15, -0.1) is 0 Å². The van der Waals surface area contributed by atoms with Crippen LogP contribution in [0.4, 0.5) is 13.2 Å². The van der Waals surface area contributed by atoms with E-state index >= 15 is 0 Å². The van der Waals surface area contributed by atoms with E-state index in [-0.39, 0.29) is 17.8 Å². The smallest absolute Gasteiger partial charge is 0.422 e. The molecule has 2 unspecified atom stereocenters. The SMILES string of the molecule is CCOc1cc(CNCC2CNCC2O)ccc1OCC(F)(F)F. The van der Waals surface area contributed by atoms with Crippen molar-refractivity contribution in [2.24, 2.45) is 5.92 Å². The molecule has 1 heterocycles. The number of aliphatic hydroxyl groups excluding tert-OH is 1. The highest BCUT2D eigenvalue weighted by Crippen LogP contribution is 2.30. The second-order valence-electron chi connectivity index (χ2n) is 5.73. The van der Waals surface area contributed by atoms with Crippen molar-refractivity contribution >= 4 is 0 Å². The quantitative estimate of drug-likeness (QED) is 0.667. The number of ether oxygens (including phenoxy) is 2. The van der Waals surface area contributed by atoms with Crippen molar-refractivity contribution in [3.8, 4) is 11.5 Å². The van der Waals surface area contributed by atoms with Gasteiger partial charge in [0, 0.05) is 32.1 Å². The average Bonchev–Trinajstić information content (AvgIpc) is 2.91. The van der Waals surface area contributed by atoms with Crippen LogP contribution in [-0.2, 0) is 6.54 Å². The second-order valence-corrected chi connectivity index (χ2v) is 5.73. The summed E-state index contributed by atoms with van der Waals surface area (Å²) in [5.41, 5.74) is 0.873. The summed E-state index contributed by atoms with van der Waals surface area (Å²) >= 11 is 0. The largest absolute Gasteiger partial charge is 0.490 e. The normalized spacial score (nSPS) is 21.0. The molecule has 8 heteroatoms. The first-order valence-electron chi connectivity index (χ1n) is 7.94. The van der Waals surface area contributed by atoms with Crippen LogP contribution >= 0.6 is 0 Å². The van der Waals surface area contributed by atoms with Crippen LogP contribution in [0, 0.1) is 5.92 Å². The number of aliphatic hydroxyl groups is 1. The Hall–Kier alpha value is -1.51. The Morgan fingerprint density at radius 1 is 1.25 bits per heavy atom. The van der Waals surface area contributed by atoms with Crippen molar-refractivity contribution in [3.63, 3.8) is 0 Å². The molecule has 24 heavy (non-hydrogen) atoms. The topological polar surface area (TPSA) is 62.8 Å². The van der Waals surface area contributed by atoms with E-state index in [1.165, 1.54) is 6.07 Å². The van der Waals surface area contributed by atoms with Gasteiger partial charge in [0.25, 0.3) is 0 Å². The standard InChI is InChI=1S/C16H23F3N2O3/c1-2-23-15-5-11(3-4-14(15)24-10-16(17,18)19)6-20-7-12-8-21-9-13(12)22/h3-5,12-13,20-22H,2,6-10H2,1H3. The minimum Gasteiger partial charge on any atom is -0.490 e. The number of rotatable bonds is 8. The van der Waals surface area contributed by atoms with E-state index in [9.17, 15) is 18.3 Å². The molecule has 2 atom stereocenters. The predicted octanol–water partition coefficient (Wildman–Crippen LogP) is 1.70. The van der Waals surface area contributed by atoms with E-state index in [0.29, 0.717) is 32.0 Å². The first kappa shape index (κ1) is 18.8. The molecule has 0 radical (unpaired) electrons. The molecule has 2 rings (SSSR count). The zero-order valence-corrected chi connectivity index (χ0v) is 13.5. The maximum Gasteiger partial charge on any atom is 0.422 e. The van der Waals surface area contributed by atoms with Crippen molar-refractivity contribution in [3.05, 3.63) is 23.8 Å². The Morgan fingerprint density at radius 3 is 2.67 bits per heavy atom. The first-order valence-corrected chi connectivity index (χ1v) is 7.94. The molecule has 1 fully saturated rings. The van der Waals surface area contributed by atoms with Crippen molar-refractivity contribution in [1.82, 2.24) is 10.6 Å². The Labute approximate surface area is 139 Å². The van der Waals surface area contributed by atoms with Gasteiger partial charge in [-0.05, 0) is 24.6 Å². The second kappa shape index (κ2) is 8.55. The fourth-order valence-corrected chi connectivity index (χ4v) is 2.54. The summed E-state index contributed by atoms with van der Waals surface area (Å²) in [5, 5.41) is 16.1. The van der Waals surface area contributed by atoms with Gasteiger partial charge in [-0.3, -0.25) is 0 Å². The summed E-state index contributed by atoms with van der Waals surface area (Å²) in [6, 6.07) is 4.86. The fraction of sp³-hybridized carbons (Fsp3) is 0.625. The third kappa shape index (κ3) is 5.85. The van der Waals surface area contributed by atoms with Gasteiger partial charge < -0.3 is 25.2 Å². The maximum absolute atomic E-state index is 12.3. The Kier molecular flexibility index (Phi) is 6.70.